The molecule has 0 spiro atoms. The summed E-state index contributed by atoms with van der Waals surface area (Å²) in [6.07, 6.45) is -1.02. The summed E-state index contributed by atoms with van der Waals surface area (Å²) in [5.74, 6) is -5.28. The number of hydrogen-bond acceptors (Lipinski definition) is 9. The van der Waals surface area contributed by atoms with Crippen molar-refractivity contribution >= 4 is 29.8 Å². The molecule has 208 valence electrons. The second-order valence-electron chi connectivity index (χ2n) is 10.8. The minimum atomic E-state index is -1.67. The van der Waals surface area contributed by atoms with Gasteiger partial charge in [0.15, 0.2) is 0 Å². The number of esters is 2. The number of aliphatic hydroxyl groups is 1. The highest BCUT2D eigenvalue weighted by molar-refractivity contribution is 5.96. The van der Waals surface area contributed by atoms with E-state index in [1.54, 1.807) is 41.5 Å². The zero-order valence-electron chi connectivity index (χ0n) is 22.5. The van der Waals surface area contributed by atoms with Crippen LogP contribution >= 0.6 is 0 Å². The van der Waals surface area contributed by atoms with Crippen LogP contribution in [0, 0.1) is 23.7 Å². The lowest BCUT2D eigenvalue weighted by atomic mass is 9.89. The van der Waals surface area contributed by atoms with Gasteiger partial charge in [-0.25, -0.2) is 9.59 Å². The number of amides is 3. The van der Waals surface area contributed by atoms with Gasteiger partial charge in [0.2, 0.25) is 11.8 Å². The number of aliphatic hydroxyl groups excluding tert-OH is 1. The van der Waals surface area contributed by atoms with Crippen molar-refractivity contribution in [3.63, 3.8) is 0 Å². The maximum Gasteiger partial charge on any atom is 0.408 e. The number of carbonyl (C=O) groups excluding carboxylic acids is 5. The fraction of sp³-hybridized carbons (Fsp3) is 0.720. The lowest BCUT2D eigenvalue weighted by Crippen LogP contribution is -2.62. The van der Waals surface area contributed by atoms with Crippen LogP contribution in [0.15, 0.2) is 12.8 Å². The van der Waals surface area contributed by atoms with Gasteiger partial charge in [-0.15, -0.1) is 0 Å². The number of ether oxygens (including phenoxy) is 3. The van der Waals surface area contributed by atoms with Gasteiger partial charge in [0.1, 0.15) is 23.2 Å². The van der Waals surface area contributed by atoms with E-state index >= 15 is 0 Å². The molecule has 3 amide bonds. The third-order valence-electron chi connectivity index (χ3n) is 6.45. The molecule has 0 aromatic heterocycles. The molecule has 37 heavy (non-hydrogen) atoms. The van der Waals surface area contributed by atoms with Crippen LogP contribution in [-0.2, 0) is 33.4 Å². The highest BCUT2D eigenvalue weighted by Crippen LogP contribution is 2.63. The van der Waals surface area contributed by atoms with Gasteiger partial charge in [-0.1, -0.05) is 20.4 Å². The smallest absolute Gasteiger partial charge is 0.408 e. The van der Waals surface area contributed by atoms with Crippen molar-refractivity contribution in [2.75, 3.05) is 6.61 Å². The van der Waals surface area contributed by atoms with Gasteiger partial charge in [-0.3, -0.25) is 14.4 Å². The molecule has 2 saturated carbocycles. The van der Waals surface area contributed by atoms with Crippen molar-refractivity contribution in [3.05, 3.63) is 12.8 Å². The molecule has 7 atom stereocenters. The van der Waals surface area contributed by atoms with Crippen molar-refractivity contribution in [1.82, 2.24) is 16.0 Å². The van der Waals surface area contributed by atoms with Gasteiger partial charge in [-0.2, -0.15) is 0 Å². The van der Waals surface area contributed by atoms with E-state index in [9.17, 15) is 29.1 Å². The van der Waals surface area contributed by atoms with Crippen LogP contribution in [-0.4, -0.2) is 70.9 Å². The standard InChI is InChI=1S/C25H39N3O9/c1-9-35-21(32)16-15-14(29)11-25(17(15)16,22(33)36-10-2)28-19(30)13(5)26-20(31)18(12(3)4)27-23(34)37-24(6,7)8/h9,12-18,29H,1,10-11H2,2-8H3,(H,26,31)(H,27,34)(H,28,30)/t13-,14-,15-,16-,17-,18-,25?/m0/s1. The lowest BCUT2D eigenvalue weighted by Gasteiger charge is -2.33. The first kappa shape index (κ1) is 30.1. The first-order chi connectivity index (χ1) is 17.1. The summed E-state index contributed by atoms with van der Waals surface area (Å²) in [7, 11) is 0. The Balaban J connectivity index is 2.17. The number of fused-ring (bicyclic) bond motifs is 1. The Morgan fingerprint density at radius 2 is 1.73 bits per heavy atom. The topological polar surface area (TPSA) is 169 Å². The first-order valence-electron chi connectivity index (χ1n) is 12.4. The molecule has 0 saturated heterocycles. The molecule has 2 aliphatic rings. The monoisotopic (exact) mass is 525 g/mol. The summed E-state index contributed by atoms with van der Waals surface area (Å²) < 4.78 is 15.3. The van der Waals surface area contributed by atoms with Crippen molar-refractivity contribution in [2.24, 2.45) is 23.7 Å². The summed E-state index contributed by atoms with van der Waals surface area (Å²) in [5.41, 5.74) is -2.44. The summed E-state index contributed by atoms with van der Waals surface area (Å²) in [6.45, 7) is 14.9. The largest absolute Gasteiger partial charge is 0.464 e. The van der Waals surface area contributed by atoms with E-state index in [0.29, 0.717) is 0 Å². The molecule has 0 aromatic rings. The third-order valence-corrected chi connectivity index (χ3v) is 6.45. The van der Waals surface area contributed by atoms with E-state index in [-0.39, 0.29) is 18.9 Å². The molecule has 2 aliphatic carbocycles. The Kier molecular flexibility index (Phi) is 9.34. The molecular formula is C25H39N3O9. The van der Waals surface area contributed by atoms with Crippen molar-refractivity contribution in [2.45, 2.75) is 84.2 Å². The Hall–Kier alpha value is -3.15. The maximum atomic E-state index is 13.2. The van der Waals surface area contributed by atoms with Gasteiger partial charge < -0.3 is 35.3 Å². The molecule has 12 nitrogen and oxygen atoms in total. The Morgan fingerprint density at radius 1 is 1.11 bits per heavy atom. The van der Waals surface area contributed by atoms with E-state index in [4.69, 9.17) is 14.2 Å². The number of rotatable bonds is 10. The van der Waals surface area contributed by atoms with Gasteiger partial charge in [-0.05, 0) is 40.5 Å². The van der Waals surface area contributed by atoms with Crippen molar-refractivity contribution < 1.29 is 43.3 Å². The second-order valence-corrected chi connectivity index (χ2v) is 10.8. The quantitative estimate of drug-likeness (QED) is 0.183. The van der Waals surface area contributed by atoms with Crippen LogP contribution in [0.2, 0.25) is 0 Å². The average molecular weight is 526 g/mol. The predicted octanol–water partition coefficient (Wildman–Crippen LogP) is 0.772. The molecule has 0 aliphatic heterocycles. The fourth-order valence-electron chi connectivity index (χ4n) is 4.85. The summed E-state index contributed by atoms with van der Waals surface area (Å²) >= 11 is 0. The number of nitrogens with one attached hydrogen (secondary N) is 3. The van der Waals surface area contributed by atoms with E-state index < -0.39 is 76.9 Å². The van der Waals surface area contributed by atoms with E-state index in [1.165, 1.54) is 6.92 Å². The summed E-state index contributed by atoms with van der Waals surface area (Å²) in [5, 5.41) is 18.3. The molecule has 4 N–H and O–H groups in total. The Morgan fingerprint density at radius 3 is 2.24 bits per heavy atom. The van der Waals surface area contributed by atoms with E-state index in [0.717, 1.165) is 6.26 Å². The molecule has 2 rings (SSSR count). The first-order valence-corrected chi connectivity index (χ1v) is 12.4. The van der Waals surface area contributed by atoms with Gasteiger partial charge >= 0.3 is 18.0 Å². The zero-order chi connectivity index (χ0) is 28.3. The SMILES string of the molecule is C=COC(=O)[C@H]1[C@H]2[C@@H]1C(NC(=O)[C@H](C)NC(=O)[C@@H](NC(=O)OC(C)(C)C)C(C)C)(C(=O)OCC)C[C@@H]2O. The minimum Gasteiger partial charge on any atom is -0.464 e. The summed E-state index contributed by atoms with van der Waals surface area (Å²) in [4.78, 5) is 63.7. The van der Waals surface area contributed by atoms with Crippen LogP contribution in [0.5, 0.6) is 0 Å². The average Bonchev–Trinajstić information content (AvgIpc) is 3.45. The number of carbonyl (C=O) groups is 5. The van der Waals surface area contributed by atoms with Gasteiger partial charge in [0.05, 0.1) is 24.9 Å². The van der Waals surface area contributed by atoms with Crippen molar-refractivity contribution in [3.8, 4) is 0 Å². The van der Waals surface area contributed by atoms with Crippen LogP contribution in [0.3, 0.4) is 0 Å². The van der Waals surface area contributed by atoms with Crippen LogP contribution < -0.4 is 16.0 Å². The maximum absolute atomic E-state index is 13.2. The lowest BCUT2D eigenvalue weighted by molar-refractivity contribution is -0.156. The van der Waals surface area contributed by atoms with Crippen LogP contribution in [0.4, 0.5) is 4.79 Å². The summed E-state index contributed by atoms with van der Waals surface area (Å²) in [6, 6.07) is -2.13. The predicted molar refractivity (Wildman–Crippen MR) is 130 cm³/mol. The molecule has 0 heterocycles. The zero-order valence-corrected chi connectivity index (χ0v) is 22.5. The molecule has 0 radical (unpaired) electrons. The molecular weight excluding hydrogens is 486 g/mol. The Labute approximate surface area is 216 Å². The molecule has 1 unspecified atom stereocenters. The van der Waals surface area contributed by atoms with Gasteiger partial charge in [0, 0.05) is 18.3 Å². The van der Waals surface area contributed by atoms with Crippen LogP contribution in [0.25, 0.3) is 0 Å². The Bertz CT molecular complexity index is 929. The number of hydrogen-bond donors (Lipinski definition) is 4. The fourth-order valence-corrected chi connectivity index (χ4v) is 4.85. The molecule has 2 fully saturated rings. The van der Waals surface area contributed by atoms with Crippen LogP contribution in [0.1, 0.15) is 54.9 Å². The third kappa shape index (κ3) is 6.79. The normalized spacial score (nSPS) is 27.7. The highest BCUT2D eigenvalue weighted by Gasteiger charge is 2.76. The van der Waals surface area contributed by atoms with Crippen molar-refractivity contribution in [1.29, 1.82) is 0 Å². The number of alkyl carbamates (subject to hydrolysis) is 1. The van der Waals surface area contributed by atoms with Gasteiger partial charge in [0.25, 0.3) is 0 Å². The second kappa shape index (κ2) is 11.5. The van der Waals surface area contributed by atoms with E-state index in [2.05, 4.69) is 22.5 Å². The molecule has 12 heteroatoms. The molecule has 0 bridgehead atoms. The highest BCUT2D eigenvalue weighted by atomic mass is 16.6. The molecule has 0 aromatic carbocycles. The van der Waals surface area contributed by atoms with E-state index in [1.807, 2.05) is 0 Å². The minimum absolute atomic E-state index is 0.0183.